The van der Waals surface area contributed by atoms with Gasteiger partial charge in [0.25, 0.3) is 0 Å². The first-order valence-corrected chi connectivity index (χ1v) is 6.84. The molecule has 1 aromatic carbocycles. The Bertz CT molecular complexity index is 642. The molecule has 0 atom stereocenters. The van der Waals surface area contributed by atoms with E-state index < -0.39 is 0 Å². The fraction of sp³-hybridized carbons (Fsp3) is 0.375. The second-order valence-corrected chi connectivity index (χ2v) is 4.75. The summed E-state index contributed by atoms with van der Waals surface area (Å²) in [6.07, 6.45) is 1.90. The van der Waals surface area contributed by atoms with E-state index in [1.165, 1.54) is 6.26 Å². The smallest absolute Gasteiger partial charge is 0.180 e. The molecule has 2 aromatic rings. The number of Topliss-reactive ketones (excluding diaryl/α,β-unsaturated/α-hetero) is 1. The average Bonchev–Trinajstić information content (AvgIpc) is 2.94. The number of hydrogen-bond acceptors (Lipinski definition) is 5. The van der Waals surface area contributed by atoms with Crippen LogP contribution in [0.3, 0.4) is 0 Å². The zero-order valence-corrected chi connectivity index (χ0v) is 12.0. The highest BCUT2D eigenvalue weighted by atomic mass is 16.5. The van der Waals surface area contributed by atoms with E-state index in [2.05, 4.69) is 6.07 Å². The fourth-order valence-corrected chi connectivity index (χ4v) is 2.18. The Morgan fingerprint density at radius 1 is 1.38 bits per heavy atom. The maximum atomic E-state index is 12.4. The third-order valence-electron chi connectivity index (χ3n) is 3.30. The van der Waals surface area contributed by atoms with Crippen molar-refractivity contribution in [2.75, 3.05) is 33.4 Å². The van der Waals surface area contributed by atoms with Gasteiger partial charge in [0.15, 0.2) is 5.78 Å². The molecular formula is C16H18N2O3. The minimum atomic E-state index is -0.00556. The zero-order valence-electron chi connectivity index (χ0n) is 12.0. The molecule has 5 heteroatoms. The second kappa shape index (κ2) is 7.58. The highest BCUT2D eigenvalue weighted by Crippen LogP contribution is 2.21. The van der Waals surface area contributed by atoms with Crippen LogP contribution in [0.2, 0.25) is 0 Å². The maximum absolute atomic E-state index is 12.4. The molecule has 0 saturated carbocycles. The van der Waals surface area contributed by atoms with Gasteiger partial charge in [0.1, 0.15) is 11.8 Å². The molecule has 110 valence electrons. The SMILES string of the molecule is COCCN(CCC#N)CC(=O)c1coc2ccccc12. The number of carbonyl (C=O) groups is 1. The summed E-state index contributed by atoms with van der Waals surface area (Å²) >= 11 is 0. The number of rotatable bonds is 8. The van der Waals surface area contributed by atoms with Gasteiger partial charge in [-0.05, 0) is 6.07 Å². The standard InChI is InChI=1S/C16H18N2O3/c1-20-10-9-18(8-4-7-17)11-15(19)14-12-21-16-6-3-2-5-13(14)16/h2-3,5-6,12H,4,8-11H2,1H3. The lowest BCUT2D eigenvalue weighted by molar-refractivity contribution is 0.0899. The third-order valence-corrected chi connectivity index (χ3v) is 3.30. The highest BCUT2D eigenvalue weighted by Gasteiger charge is 2.16. The number of para-hydroxylation sites is 1. The van der Waals surface area contributed by atoms with E-state index in [-0.39, 0.29) is 12.3 Å². The molecule has 1 heterocycles. The molecule has 2 rings (SSSR count). The molecule has 0 bridgehead atoms. The van der Waals surface area contributed by atoms with Gasteiger partial charge in [-0.1, -0.05) is 18.2 Å². The number of fused-ring (bicyclic) bond motifs is 1. The number of benzene rings is 1. The summed E-state index contributed by atoms with van der Waals surface area (Å²) in [6, 6.07) is 9.57. The molecule has 0 aliphatic carbocycles. The lowest BCUT2D eigenvalue weighted by Gasteiger charge is -2.19. The van der Waals surface area contributed by atoms with Crippen LogP contribution in [0.5, 0.6) is 0 Å². The highest BCUT2D eigenvalue weighted by molar-refractivity contribution is 6.08. The quantitative estimate of drug-likeness (QED) is 0.697. The van der Waals surface area contributed by atoms with E-state index >= 15 is 0 Å². The molecular weight excluding hydrogens is 268 g/mol. The van der Waals surface area contributed by atoms with Crippen LogP contribution in [0.15, 0.2) is 34.9 Å². The monoisotopic (exact) mass is 286 g/mol. The van der Waals surface area contributed by atoms with Gasteiger partial charge < -0.3 is 9.15 Å². The summed E-state index contributed by atoms with van der Waals surface area (Å²) in [5, 5.41) is 9.52. The number of nitriles is 1. The lowest BCUT2D eigenvalue weighted by atomic mass is 10.1. The summed E-state index contributed by atoms with van der Waals surface area (Å²) in [6.45, 7) is 1.97. The molecule has 0 aliphatic rings. The normalized spacial score (nSPS) is 10.9. The van der Waals surface area contributed by atoms with E-state index in [1.807, 2.05) is 29.2 Å². The first-order valence-electron chi connectivity index (χ1n) is 6.84. The van der Waals surface area contributed by atoms with Gasteiger partial charge in [-0.25, -0.2) is 0 Å². The van der Waals surface area contributed by atoms with Crippen molar-refractivity contribution in [2.24, 2.45) is 0 Å². The third kappa shape index (κ3) is 3.91. The van der Waals surface area contributed by atoms with Gasteiger partial charge in [0.05, 0.1) is 24.8 Å². The largest absolute Gasteiger partial charge is 0.464 e. The fourth-order valence-electron chi connectivity index (χ4n) is 2.18. The van der Waals surface area contributed by atoms with Gasteiger partial charge in [-0.2, -0.15) is 5.26 Å². The van der Waals surface area contributed by atoms with Crippen molar-refractivity contribution in [1.82, 2.24) is 4.90 Å². The van der Waals surface area contributed by atoms with Crippen molar-refractivity contribution < 1.29 is 13.9 Å². The second-order valence-electron chi connectivity index (χ2n) is 4.75. The average molecular weight is 286 g/mol. The van der Waals surface area contributed by atoms with Crippen molar-refractivity contribution in [2.45, 2.75) is 6.42 Å². The molecule has 0 amide bonds. The maximum Gasteiger partial charge on any atom is 0.180 e. The minimum absolute atomic E-state index is 0.00556. The van der Waals surface area contributed by atoms with Crippen LogP contribution < -0.4 is 0 Å². The van der Waals surface area contributed by atoms with E-state index in [4.69, 9.17) is 14.4 Å². The summed E-state index contributed by atoms with van der Waals surface area (Å²) < 4.78 is 10.4. The molecule has 0 aliphatic heterocycles. The van der Waals surface area contributed by atoms with Crippen molar-refractivity contribution in [1.29, 1.82) is 5.26 Å². The van der Waals surface area contributed by atoms with Crippen LogP contribution in [0, 0.1) is 11.3 Å². The van der Waals surface area contributed by atoms with Gasteiger partial charge in [0.2, 0.25) is 0 Å². The summed E-state index contributed by atoms with van der Waals surface area (Å²) in [5.41, 5.74) is 1.30. The summed E-state index contributed by atoms with van der Waals surface area (Å²) in [4.78, 5) is 14.4. The lowest BCUT2D eigenvalue weighted by Crippen LogP contribution is -2.33. The van der Waals surface area contributed by atoms with Crippen molar-refractivity contribution in [3.63, 3.8) is 0 Å². The number of hydrogen-bond donors (Lipinski definition) is 0. The molecule has 0 unspecified atom stereocenters. The number of ether oxygens (including phenoxy) is 1. The molecule has 5 nitrogen and oxygen atoms in total. The van der Waals surface area contributed by atoms with Crippen LogP contribution in [-0.4, -0.2) is 44.0 Å². The molecule has 21 heavy (non-hydrogen) atoms. The van der Waals surface area contributed by atoms with Gasteiger partial charge in [-0.15, -0.1) is 0 Å². The predicted octanol–water partition coefficient (Wildman–Crippen LogP) is 2.48. The number of ketones is 1. The molecule has 0 fully saturated rings. The van der Waals surface area contributed by atoms with Crippen molar-refractivity contribution in [3.8, 4) is 6.07 Å². The van der Waals surface area contributed by atoms with Gasteiger partial charge in [-0.3, -0.25) is 9.69 Å². The molecule has 1 aromatic heterocycles. The Labute approximate surface area is 123 Å². The van der Waals surface area contributed by atoms with Crippen molar-refractivity contribution in [3.05, 3.63) is 36.1 Å². The Kier molecular flexibility index (Phi) is 5.50. The summed E-state index contributed by atoms with van der Waals surface area (Å²) in [5.74, 6) is -0.00556. The van der Waals surface area contributed by atoms with Gasteiger partial charge >= 0.3 is 0 Å². The van der Waals surface area contributed by atoms with Gasteiger partial charge in [0, 0.05) is 32.0 Å². The summed E-state index contributed by atoms with van der Waals surface area (Å²) in [7, 11) is 1.62. The number of furan rings is 1. The van der Waals surface area contributed by atoms with E-state index in [9.17, 15) is 4.79 Å². The van der Waals surface area contributed by atoms with Crippen LogP contribution in [0.1, 0.15) is 16.8 Å². The Balaban J connectivity index is 2.09. The van der Waals surface area contributed by atoms with E-state index in [0.717, 1.165) is 5.39 Å². The topological polar surface area (TPSA) is 66.5 Å². The number of methoxy groups -OCH3 is 1. The predicted molar refractivity (Wildman–Crippen MR) is 79.1 cm³/mol. The van der Waals surface area contributed by atoms with E-state index in [0.29, 0.717) is 37.3 Å². The van der Waals surface area contributed by atoms with Crippen LogP contribution >= 0.6 is 0 Å². The Morgan fingerprint density at radius 3 is 2.95 bits per heavy atom. The van der Waals surface area contributed by atoms with Crippen LogP contribution in [-0.2, 0) is 4.74 Å². The van der Waals surface area contributed by atoms with Crippen LogP contribution in [0.25, 0.3) is 11.0 Å². The Hall–Kier alpha value is -2.16. The first-order chi connectivity index (χ1) is 10.3. The minimum Gasteiger partial charge on any atom is -0.464 e. The zero-order chi connectivity index (χ0) is 15.1. The Morgan fingerprint density at radius 2 is 2.19 bits per heavy atom. The van der Waals surface area contributed by atoms with Crippen LogP contribution in [0.4, 0.5) is 0 Å². The molecule has 0 radical (unpaired) electrons. The molecule has 0 saturated heterocycles. The van der Waals surface area contributed by atoms with E-state index in [1.54, 1.807) is 7.11 Å². The molecule has 0 N–H and O–H groups in total. The molecule has 0 spiro atoms. The van der Waals surface area contributed by atoms with Crippen molar-refractivity contribution >= 4 is 16.8 Å². The number of nitrogens with zero attached hydrogens (tertiary/aromatic N) is 2. The first kappa shape index (κ1) is 15.2. The number of carbonyl (C=O) groups excluding carboxylic acids is 1.